The predicted octanol–water partition coefficient (Wildman–Crippen LogP) is 0.0518. The number of carboxylic acids is 1. The van der Waals surface area contributed by atoms with E-state index < -0.39 is 12.0 Å². The van der Waals surface area contributed by atoms with Crippen molar-refractivity contribution in [1.29, 1.82) is 0 Å². The van der Waals surface area contributed by atoms with Crippen LogP contribution < -0.4 is 5.73 Å². The van der Waals surface area contributed by atoms with E-state index in [1.165, 1.54) is 0 Å². The minimum atomic E-state index is -0.931. The van der Waals surface area contributed by atoms with Crippen LogP contribution in [0.25, 0.3) is 0 Å². The molecule has 0 rings (SSSR count). The van der Waals surface area contributed by atoms with Gasteiger partial charge in [-0.15, -0.1) is 0 Å². The van der Waals surface area contributed by atoms with E-state index in [9.17, 15) is 4.79 Å². The van der Waals surface area contributed by atoms with Crippen LogP contribution in [0.15, 0.2) is 0 Å². The van der Waals surface area contributed by atoms with Crippen molar-refractivity contribution in [2.75, 3.05) is 0 Å². The van der Waals surface area contributed by atoms with Gasteiger partial charge in [-0.2, -0.15) is 0 Å². The number of carbonyl (C=O) groups is 1. The standard InChI is InChI=1S/C5H11NO2.Y/c1-3(2)4(6)5(7)8;/h3-4H,6H2,1-2H3,(H,7,8);/t4-;/m0./s1. The SMILES string of the molecule is CC(C)[C@H](N)C(=O)O.[Y]. The topological polar surface area (TPSA) is 63.3 Å². The first-order valence-corrected chi connectivity index (χ1v) is 2.54. The molecule has 0 aliphatic carbocycles. The molecule has 0 heterocycles. The maximum Gasteiger partial charge on any atom is 0.320 e. The molecule has 1 radical (unpaired) electrons. The van der Waals surface area contributed by atoms with E-state index in [1.54, 1.807) is 13.8 Å². The normalized spacial score (nSPS) is 12.4. The maximum atomic E-state index is 10.0. The third-order valence-electron chi connectivity index (χ3n) is 1.00. The van der Waals surface area contributed by atoms with Crippen molar-refractivity contribution in [3.63, 3.8) is 0 Å². The molecule has 0 aliphatic heterocycles. The van der Waals surface area contributed by atoms with Crippen LogP contribution in [0.2, 0.25) is 0 Å². The summed E-state index contributed by atoms with van der Waals surface area (Å²) in [5.74, 6) is -0.910. The summed E-state index contributed by atoms with van der Waals surface area (Å²) >= 11 is 0. The smallest absolute Gasteiger partial charge is 0.320 e. The Kier molecular flexibility index (Phi) is 7.24. The second kappa shape index (κ2) is 5.33. The molecule has 4 heteroatoms. The maximum absolute atomic E-state index is 10.0. The van der Waals surface area contributed by atoms with Crippen molar-refractivity contribution < 1.29 is 42.6 Å². The Balaban J connectivity index is 0. The quantitative estimate of drug-likeness (QED) is 0.671. The Morgan fingerprint density at radius 2 is 1.89 bits per heavy atom. The first-order valence-electron chi connectivity index (χ1n) is 2.54. The van der Waals surface area contributed by atoms with Gasteiger partial charge in [0, 0.05) is 32.7 Å². The Hall–Kier alpha value is 0.534. The Morgan fingerprint density at radius 3 is 1.89 bits per heavy atom. The van der Waals surface area contributed by atoms with Crippen molar-refractivity contribution >= 4 is 5.97 Å². The summed E-state index contributed by atoms with van der Waals surface area (Å²) in [5, 5.41) is 8.23. The minimum absolute atomic E-state index is 0. The summed E-state index contributed by atoms with van der Waals surface area (Å²) in [6.07, 6.45) is 0. The fourth-order valence-electron chi connectivity index (χ4n) is 0.285. The molecule has 0 aliphatic rings. The summed E-state index contributed by atoms with van der Waals surface area (Å²) in [6.45, 7) is 3.55. The van der Waals surface area contributed by atoms with Gasteiger partial charge in [0.25, 0.3) is 0 Å². The van der Waals surface area contributed by atoms with Crippen molar-refractivity contribution in [3.8, 4) is 0 Å². The van der Waals surface area contributed by atoms with Crippen LogP contribution in [-0.4, -0.2) is 17.1 Å². The van der Waals surface area contributed by atoms with Crippen molar-refractivity contribution in [2.45, 2.75) is 19.9 Å². The van der Waals surface area contributed by atoms with E-state index in [-0.39, 0.29) is 38.6 Å². The average molecular weight is 206 g/mol. The van der Waals surface area contributed by atoms with Gasteiger partial charge in [0.1, 0.15) is 6.04 Å². The summed E-state index contributed by atoms with van der Waals surface area (Å²) in [6, 6.07) is -0.713. The molecule has 0 aromatic rings. The fourth-order valence-corrected chi connectivity index (χ4v) is 0.285. The van der Waals surface area contributed by atoms with Crippen LogP contribution in [0.3, 0.4) is 0 Å². The summed E-state index contributed by atoms with van der Waals surface area (Å²) in [5.41, 5.74) is 5.16. The monoisotopic (exact) mass is 206 g/mol. The molecule has 0 spiro atoms. The molecular formula is C5H11NO2Y. The zero-order valence-corrected chi connectivity index (χ0v) is 8.50. The number of hydrogen-bond acceptors (Lipinski definition) is 2. The molecule has 51 valence electrons. The van der Waals surface area contributed by atoms with Gasteiger partial charge in [-0.3, -0.25) is 4.79 Å². The van der Waals surface area contributed by atoms with Gasteiger partial charge in [-0.05, 0) is 5.92 Å². The molecule has 0 bridgehead atoms. The third-order valence-corrected chi connectivity index (χ3v) is 1.00. The molecule has 0 fully saturated rings. The first kappa shape index (κ1) is 12.2. The van der Waals surface area contributed by atoms with Crippen molar-refractivity contribution in [2.24, 2.45) is 11.7 Å². The van der Waals surface area contributed by atoms with Gasteiger partial charge >= 0.3 is 5.97 Å². The van der Waals surface area contributed by atoms with Gasteiger partial charge in [-0.25, -0.2) is 0 Å². The van der Waals surface area contributed by atoms with Crippen LogP contribution in [0.1, 0.15) is 13.8 Å². The molecule has 0 unspecified atom stereocenters. The predicted molar refractivity (Wildman–Crippen MR) is 30.4 cm³/mol. The fraction of sp³-hybridized carbons (Fsp3) is 0.800. The second-order valence-electron chi connectivity index (χ2n) is 2.11. The second-order valence-corrected chi connectivity index (χ2v) is 2.11. The van der Waals surface area contributed by atoms with Crippen LogP contribution in [0.5, 0.6) is 0 Å². The van der Waals surface area contributed by atoms with Crippen LogP contribution >= 0.6 is 0 Å². The van der Waals surface area contributed by atoms with Gasteiger partial charge in [0.05, 0.1) is 0 Å². The van der Waals surface area contributed by atoms with E-state index in [1.807, 2.05) is 0 Å². The summed E-state index contributed by atoms with van der Waals surface area (Å²) in [4.78, 5) is 10.0. The van der Waals surface area contributed by atoms with Gasteiger partial charge in [-0.1, -0.05) is 13.8 Å². The molecule has 0 saturated carbocycles. The Morgan fingerprint density at radius 1 is 1.56 bits per heavy atom. The average Bonchev–Trinajstić information content (AvgIpc) is 1.64. The van der Waals surface area contributed by atoms with Crippen molar-refractivity contribution in [1.82, 2.24) is 0 Å². The molecule has 0 aromatic heterocycles. The van der Waals surface area contributed by atoms with Crippen LogP contribution in [0, 0.1) is 5.92 Å². The van der Waals surface area contributed by atoms with E-state index in [0.29, 0.717) is 0 Å². The number of rotatable bonds is 2. The molecule has 9 heavy (non-hydrogen) atoms. The van der Waals surface area contributed by atoms with Crippen LogP contribution in [-0.2, 0) is 37.5 Å². The van der Waals surface area contributed by atoms with Gasteiger partial charge in [0.15, 0.2) is 0 Å². The zero-order valence-electron chi connectivity index (χ0n) is 5.66. The zero-order chi connectivity index (χ0) is 6.73. The van der Waals surface area contributed by atoms with E-state index in [2.05, 4.69) is 0 Å². The summed E-state index contributed by atoms with van der Waals surface area (Å²) < 4.78 is 0. The third kappa shape index (κ3) is 5.00. The molecule has 0 aromatic carbocycles. The summed E-state index contributed by atoms with van der Waals surface area (Å²) in [7, 11) is 0. The number of aliphatic carboxylic acids is 1. The molecule has 1 atom stereocenters. The Bertz CT molecular complexity index is 95.0. The molecule has 3 N–H and O–H groups in total. The number of carboxylic acid groups (broad SMARTS) is 1. The molecule has 0 amide bonds. The largest absolute Gasteiger partial charge is 0.480 e. The first-order chi connectivity index (χ1) is 3.55. The van der Waals surface area contributed by atoms with E-state index >= 15 is 0 Å². The van der Waals surface area contributed by atoms with Gasteiger partial charge in [0.2, 0.25) is 0 Å². The van der Waals surface area contributed by atoms with Crippen LogP contribution in [0.4, 0.5) is 0 Å². The van der Waals surface area contributed by atoms with E-state index in [4.69, 9.17) is 10.8 Å². The van der Waals surface area contributed by atoms with E-state index in [0.717, 1.165) is 0 Å². The Labute approximate surface area is 79.9 Å². The van der Waals surface area contributed by atoms with Crippen molar-refractivity contribution in [3.05, 3.63) is 0 Å². The number of nitrogens with two attached hydrogens (primary N) is 1. The molecule has 3 nitrogen and oxygen atoms in total. The van der Waals surface area contributed by atoms with Gasteiger partial charge < -0.3 is 10.8 Å². The molecular weight excluding hydrogens is 195 g/mol. The molecule has 0 saturated heterocycles. The minimum Gasteiger partial charge on any atom is -0.480 e. The number of hydrogen-bond donors (Lipinski definition) is 2.